The molecule has 0 radical (unpaired) electrons. The zero-order chi connectivity index (χ0) is 14.7. The fourth-order valence-corrected chi connectivity index (χ4v) is 3.17. The summed E-state index contributed by atoms with van der Waals surface area (Å²) in [4.78, 5) is 0. The number of hydrogen-bond acceptors (Lipinski definition) is 2. The molecule has 0 spiro atoms. The average Bonchev–Trinajstić information content (AvgIpc) is 2.71. The van der Waals surface area contributed by atoms with E-state index in [2.05, 4.69) is 52.9 Å². The first-order valence-corrected chi connectivity index (χ1v) is 10.1. The number of allylic oxidation sites excluding steroid dienone is 2. The summed E-state index contributed by atoms with van der Waals surface area (Å²) in [6.07, 6.45) is 6.77. The molecule has 0 bridgehead atoms. The molecule has 0 aromatic carbocycles. The van der Waals surface area contributed by atoms with Crippen molar-refractivity contribution in [2.75, 3.05) is 13.7 Å². The van der Waals surface area contributed by atoms with Gasteiger partial charge in [0, 0.05) is 13.0 Å². The molecule has 0 N–H and O–H groups in total. The highest BCUT2D eigenvalue weighted by Gasteiger charge is 2.40. The van der Waals surface area contributed by atoms with Crippen LogP contribution in [0.25, 0.3) is 0 Å². The lowest BCUT2D eigenvalue weighted by Gasteiger charge is -2.38. The van der Waals surface area contributed by atoms with Crippen LogP contribution in [-0.2, 0) is 9.16 Å². The molecule has 0 aliphatic heterocycles. The molecule has 1 aliphatic carbocycles. The Kier molecular flexibility index (Phi) is 5.45. The second kappa shape index (κ2) is 6.27. The van der Waals surface area contributed by atoms with Crippen molar-refractivity contribution in [2.45, 2.75) is 58.7 Å². The molecule has 0 aromatic heterocycles. The van der Waals surface area contributed by atoms with E-state index in [0.29, 0.717) is 12.5 Å². The summed E-state index contributed by atoms with van der Waals surface area (Å²) in [5.41, 5.74) is 1.38. The Bertz CT molecular complexity index is 361. The molecule has 2 nitrogen and oxygen atoms in total. The van der Waals surface area contributed by atoms with Gasteiger partial charge in [0.15, 0.2) is 0 Å². The summed E-state index contributed by atoms with van der Waals surface area (Å²) in [5, 5.41) is 0.255. The monoisotopic (exact) mass is 282 g/mol. The van der Waals surface area contributed by atoms with Crippen LogP contribution in [0.4, 0.5) is 0 Å². The van der Waals surface area contributed by atoms with E-state index in [1.54, 1.807) is 7.11 Å². The molecule has 19 heavy (non-hydrogen) atoms. The van der Waals surface area contributed by atoms with Gasteiger partial charge in [0.25, 0.3) is 0 Å². The fraction of sp³-hybridized carbons (Fsp3) is 0.750. The van der Waals surface area contributed by atoms with Gasteiger partial charge in [-0.2, -0.15) is 0 Å². The molecule has 1 rings (SSSR count). The fourth-order valence-electron chi connectivity index (χ4n) is 2.05. The van der Waals surface area contributed by atoms with Gasteiger partial charge in [0.1, 0.15) is 0 Å². The predicted octanol–water partition coefficient (Wildman–Crippen LogP) is 4.89. The van der Waals surface area contributed by atoms with Crippen molar-refractivity contribution in [3.63, 3.8) is 0 Å². The van der Waals surface area contributed by atoms with Crippen molar-refractivity contribution in [1.29, 1.82) is 0 Å². The molecule has 0 aromatic rings. The quantitative estimate of drug-likeness (QED) is 0.528. The van der Waals surface area contributed by atoms with Crippen LogP contribution in [0, 0.1) is 5.92 Å². The Balaban J connectivity index is 2.78. The Labute approximate surface area is 120 Å². The minimum atomic E-state index is -1.72. The molecule has 0 amide bonds. The first-order chi connectivity index (χ1) is 8.69. The molecule has 0 saturated carbocycles. The third kappa shape index (κ3) is 4.21. The van der Waals surface area contributed by atoms with Gasteiger partial charge in [0.2, 0.25) is 8.32 Å². The first-order valence-electron chi connectivity index (χ1n) is 7.23. The maximum absolute atomic E-state index is 6.50. The standard InChI is InChI=1S/C16H30O2Si/c1-13(11-12-17-5)14-9-8-10-15(14)18-19(6,7)16(2,3)4/h10-11,14H,8-9,12H2,1-7H3/b13-11+. The second-order valence-corrected chi connectivity index (χ2v) is 11.7. The summed E-state index contributed by atoms with van der Waals surface area (Å²) >= 11 is 0. The van der Waals surface area contributed by atoms with Gasteiger partial charge in [-0.3, -0.25) is 0 Å². The van der Waals surface area contributed by atoms with Crippen LogP contribution >= 0.6 is 0 Å². The van der Waals surface area contributed by atoms with Gasteiger partial charge >= 0.3 is 0 Å². The van der Waals surface area contributed by atoms with Gasteiger partial charge in [-0.1, -0.05) is 32.4 Å². The van der Waals surface area contributed by atoms with E-state index < -0.39 is 8.32 Å². The molecule has 0 heterocycles. The van der Waals surface area contributed by atoms with Gasteiger partial charge in [-0.15, -0.1) is 0 Å². The maximum Gasteiger partial charge on any atom is 0.250 e. The van der Waals surface area contributed by atoms with Crippen molar-refractivity contribution in [3.05, 3.63) is 23.5 Å². The van der Waals surface area contributed by atoms with Gasteiger partial charge in [0.05, 0.1) is 12.4 Å². The largest absolute Gasteiger partial charge is 0.546 e. The molecule has 110 valence electrons. The molecule has 0 fully saturated rings. The van der Waals surface area contributed by atoms with E-state index in [0.717, 1.165) is 6.42 Å². The summed E-state index contributed by atoms with van der Waals surface area (Å²) in [6.45, 7) is 14.4. The predicted molar refractivity (Wildman–Crippen MR) is 84.7 cm³/mol. The van der Waals surface area contributed by atoms with Crippen LogP contribution in [0.15, 0.2) is 23.5 Å². The molecule has 0 saturated heterocycles. The van der Waals surface area contributed by atoms with Crippen molar-refractivity contribution >= 4 is 8.32 Å². The van der Waals surface area contributed by atoms with Crippen molar-refractivity contribution in [3.8, 4) is 0 Å². The molecular weight excluding hydrogens is 252 g/mol. The van der Waals surface area contributed by atoms with Crippen molar-refractivity contribution < 1.29 is 9.16 Å². The van der Waals surface area contributed by atoms with Gasteiger partial charge < -0.3 is 9.16 Å². The van der Waals surface area contributed by atoms with E-state index in [4.69, 9.17) is 9.16 Å². The number of hydrogen-bond donors (Lipinski definition) is 0. The van der Waals surface area contributed by atoms with Crippen LogP contribution in [0.5, 0.6) is 0 Å². The van der Waals surface area contributed by atoms with Crippen molar-refractivity contribution in [1.82, 2.24) is 0 Å². The van der Waals surface area contributed by atoms with Crippen LogP contribution in [0.1, 0.15) is 40.5 Å². The zero-order valence-electron chi connectivity index (χ0n) is 13.7. The zero-order valence-corrected chi connectivity index (χ0v) is 14.7. The Morgan fingerprint density at radius 3 is 2.58 bits per heavy atom. The van der Waals surface area contributed by atoms with E-state index in [-0.39, 0.29) is 5.04 Å². The lowest BCUT2D eigenvalue weighted by Crippen LogP contribution is -2.41. The van der Waals surface area contributed by atoms with Crippen LogP contribution < -0.4 is 0 Å². The molecule has 1 unspecified atom stereocenters. The SMILES string of the molecule is COC/C=C(\C)C1CCC=C1O[Si](C)(C)C(C)(C)C. The second-order valence-electron chi connectivity index (χ2n) is 7.00. The Morgan fingerprint density at radius 1 is 1.42 bits per heavy atom. The normalized spacial score (nSPS) is 21.5. The highest BCUT2D eigenvalue weighted by atomic mass is 28.4. The molecule has 3 heteroatoms. The Morgan fingerprint density at radius 2 is 2.05 bits per heavy atom. The lowest BCUT2D eigenvalue weighted by atomic mass is 9.98. The van der Waals surface area contributed by atoms with E-state index in [1.165, 1.54) is 17.8 Å². The lowest BCUT2D eigenvalue weighted by molar-refractivity contribution is 0.232. The van der Waals surface area contributed by atoms with Crippen LogP contribution in [-0.4, -0.2) is 22.0 Å². The minimum absolute atomic E-state index is 0.255. The number of methoxy groups -OCH3 is 1. The third-order valence-electron chi connectivity index (χ3n) is 4.45. The third-order valence-corrected chi connectivity index (χ3v) is 8.80. The van der Waals surface area contributed by atoms with Gasteiger partial charge in [-0.25, -0.2) is 0 Å². The summed E-state index contributed by atoms with van der Waals surface area (Å²) in [7, 11) is 0.0218. The molecule has 1 aliphatic rings. The van der Waals surface area contributed by atoms with Crippen LogP contribution in [0.2, 0.25) is 18.1 Å². The maximum atomic E-state index is 6.50. The van der Waals surface area contributed by atoms with E-state index in [9.17, 15) is 0 Å². The minimum Gasteiger partial charge on any atom is -0.546 e. The summed E-state index contributed by atoms with van der Waals surface area (Å²) < 4.78 is 11.6. The molecular formula is C16H30O2Si. The van der Waals surface area contributed by atoms with Gasteiger partial charge in [-0.05, 0) is 44.0 Å². The van der Waals surface area contributed by atoms with E-state index >= 15 is 0 Å². The highest BCUT2D eigenvalue weighted by molar-refractivity contribution is 6.74. The number of ether oxygens (including phenoxy) is 1. The topological polar surface area (TPSA) is 18.5 Å². The molecule has 1 atom stereocenters. The average molecular weight is 283 g/mol. The Hall–Kier alpha value is -0.543. The highest BCUT2D eigenvalue weighted by Crippen LogP contribution is 2.42. The smallest absolute Gasteiger partial charge is 0.250 e. The van der Waals surface area contributed by atoms with Crippen molar-refractivity contribution in [2.24, 2.45) is 5.92 Å². The first kappa shape index (κ1) is 16.5. The van der Waals surface area contributed by atoms with Crippen LogP contribution in [0.3, 0.4) is 0 Å². The summed E-state index contributed by atoms with van der Waals surface area (Å²) in [5.74, 6) is 1.67. The summed E-state index contributed by atoms with van der Waals surface area (Å²) in [6, 6.07) is 0. The number of rotatable bonds is 5. The van der Waals surface area contributed by atoms with E-state index in [1.807, 2.05) is 0 Å².